The molecule has 0 saturated carbocycles. The zero-order valence-corrected chi connectivity index (χ0v) is 11.2. The standard InChI is InChI=1S/C16H19N3/c1-12-15-7-3-2-5-13(15)11-14-6-4-9-18-16(14)19(12)10-8-17/h2-7,9,12H,8,10-11,17H2,1H3. The molecule has 1 aromatic carbocycles. The SMILES string of the molecule is CC1c2ccccc2Cc2cccnc2N1CCN. The topological polar surface area (TPSA) is 42.2 Å². The van der Waals surface area contributed by atoms with Crippen LogP contribution >= 0.6 is 0 Å². The first kappa shape index (κ1) is 12.2. The van der Waals surface area contributed by atoms with Crippen LogP contribution in [0.2, 0.25) is 0 Å². The van der Waals surface area contributed by atoms with Crippen LogP contribution in [0.5, 0.6) is 0 Å². The number of nitrogens with two attached hydrogens (primary N) is 1. The fourth-order valence-corrected chi connectivity index (χ4v) is 2.92. The lowest BCUT2D eigenvalue weighted by atomic mass is 9.98. The molecule has 0 radical (unpaired) electrons. The Kier molecular flexibility index (Phi) is 3.22. The summed E-state index contributed by atoms with van der Waals surface area (Å²) in [5.74, 6) is 1.08. The van der Waals surface area contributed by atoms with Crippen LogP contribution in [0.25, 0.3) is 0 Å². The number of hydrogen-bond donors (Lipinski definition) is 1. The number of hydrogen-bond acceptors (Lipinski definition) is 3. The maximum absolute atomic E-state index is 5.78. The summed E-state index contributed by atoms with van der Waals surface area (Å²) in [6.07, 6.45) is 2.82. The third-order valence-corrected chi connectivity index (χ3v) is 3.86. The molecule has 0 fully saturated rings. The highest BCUT2D eigenvalue weighted by Crippen LogP contribution is 2.35. The Morgan fingerprint density at radius 1 is 1.21 bits per heavy atom. The minimum atomic E-state index is 0.316. The maximum Gasteiger partial charge on any atom is 0.132 e. The Bertz CT molecular complexity index is 580. The zero-order chi connectivity index (χ0) is 13.2. The minimum absolute atomic E-state index is 0.316. The van der Waals surface area contributed by atoms with Crippen LogP contribution in [0, 0.1) is 0 Å². The van der Waals surface area contributed by atoms with E-state index in [2.05, 4.69) is 47.1 Å². The maximum atomic E-state index is 5.78. The average Bonchev–Trinajstić information content (AvgIpc) is 2.56. The lowest BCUT2D eigenvalue weighted by Gasteiger charge is -2.30. The van der Waals surface area contributed by atoms with Crippen molar-refractivity contribution in [2.45, 2.75) is 19.4 Å². The molecule has 3 heteroatoms. The lowest BCUT2D eigenvalue weighted by molar-refractivity contribution is 0.664. The molecule has 1 aliphatic heterocycles. The van der Waals surface area contributed by atoms with E-state index in [-0.39, 0.29) is 0 Å². The number of nitrogens with zero attached hydrogens (tertiary/aromatic N) is 2. The molecule has 1 aliphatic rings. The van der Waals surface area contributed by atoms with Crippen molar-refractivity contribution >= 4 is 5.82 Å². The molecule has 0 saturated heterocycles. The fraction of sp³-hybridized carbons (Fsp3) is 0.312. The number of rotatable bonds is 2. The van der Waals surface area contributed by atoms with E-state index in [1.807, 2.05) is 12.3 Å². The molecule has 2 heterocycles. The van der Waals surface area contributed by atoms with Crippen LogP contribution in [-0.2, 0) is 6.42 Å². The molecular formula is C16H19N3. The van der Waals surface area contributed by atoms with Gasteiger partial charge in [0.2, 0.25) is 0 Å². The summed E-state index contributed by atoms with van der Waals surface area (Å²) in [5, 5.41) is 0. The Morgan fingerprint density at radius 2 is 2.00 bits per heavy atom. The fourth-order valence-electron chi connectivity index (χ4n) is 2.92. The van der Waals surface area contributed by atoms with Gasteiger partial charge in [0, 0.05) is 25.7 Å². The summed E-state index contributed by atoms with van der Waals surface area (Å²) in [6.45, 7) is 3.71. The van der Waals surface area contributed by atoms with Crippen LogP contribution < -0.4 is 10.6 Å². The molecule has 2 aromatic rings. The lowest BCUT2D eigenvalue weighted by Crippen LogP contribution is -2.32. The van der Waals surface area contributed by atoms with Crippen LogP contribution in [0.1, 0.15) is 29.7 Å². The zero-order valence-electron chi connectivity index (χ0n) is 11.2. The molecule has 0 bridgehead atoms. The molecular weight excluding hydrogens is 234 g/mol. The summed E-state index contributed by atoms with van der Waals surface area (Å²) >= 11 is 0. The van der Waals surface area contributed by atoms with E-state index >= 15 is 0 Å². The van der Waals surface area contributed by atoms with Gasteiger partial charge in [-0.25, -0.2) is 4.98 Å². The van der Waals surface area contributed by atoms with Gasteiger partial charge in [-0.3, -0.25) is 0 Å². The van der Waals surface area contributed by atoms with E-state index < -0.39 is 0 Å². The van der Waals surface area contributed by atoms with Gasteiger partial charge in [0.1, 0.15) is 5.82 Å². The monoisotopic (exact) mass is 253 g/mol. The Morgan fingerprint density at radius 3 is 2.84 bits per heavy atom. The molecule has 19 heavy (non-hydrogen) atoms. The molecule has 1 aromatic heterocycles. The van der Waals surface area contributed by atoms with Crippen molar-refractivity contribution in [1.29, 1.82) is 0 Å². The van der Waals surface area contributed by atoms with Gasteiger partial charge in [-0.2, -0.15) is 0 Å². The normalized spacial score (nSPS) is 17.6. The van der Waals surface area contributed by atoms with Crippen LogP contribution in [0.4, 0.5) is 5.82 Å². The van der Waals surface area contributed by atoms with Gasteiger partial charge in [0.15, 0.2) is 0 Å². The van der Waals surface area contributed by atoms with Gasteiger partial charge >= 0.3 is 0 Å². The second-order valence-electron chi connectivity index (χ2n) is 5.02. The molecule has 3 rings (SSSR count). The van der Waals surface area contributed by atoms with Crippen molar-refractivity contribution in [1.82, 2.24) is 4.98 Å². The van der Waals surface area contributed by atoms with Crippen molar-refractivity contribution in [3.8, 4) is 0 Å². The summed E-state index contributed by atoms with van der Waals surface area (Å²) in [5.41, 5.74) is 9.84. The molecule has 98 valence electrons. The molecule has 1 unspecified atom stereocenters. The average molecular weight is 253 g/mol. The van der Waals surface area contributed by atoms with E-state index in [0.717, 1.165) is 18.8 Å². The molecule has 1 atom stereocenters. The van der Waals surface area contributed by atoms with Gasteiger partial charge in [-0.1, -0.05) is 30.3 Å². The minimum Gasteiger partial charge on any atom is -0.348 e. The summed E-state index contributed by atoms with van der Waals surface area (Å²) < 4.78 is 0. The Hall–Kier alpha value is -1.87. The van der Waals surface area contributed by atoms with E-state index in [1.54, 1.807) is 0 Å². The van der Waals surface area contributed by atoms with E-state index in [4.69, 9.17) is 5.73 Å². The number of aromatic nitrogens is 1. The highest BCUT2D eigenvalue weighted by atomic mass is 15.2. The molecule has 0 spiro atoms. The number of anilines is 1. The van der Waals surface area contributed by atoms with Crippen molar-refractivity contribution in [3.05, 3.63) is 59.3 Å². The molecule has 0 amide bonds. The van der Waals surface area contributed by atoms with Crippen LogP contribution in [0.3, 0.4) is 0 Å². The van der Waals surface area contributed by atoms with Crippen LogP contribution in [-0.4, -0.2) is 18.1 Å². The molecule has 3 nitrogen and oxygen atoms in total. The first-order valence-corrected chi connectivity index (χ1v) is 6.79. The quantitative estimate of drug-likeness (QED) is 0.894. The largest absolute Gasteiger partial charge is 0.348 e. The highest BCUT2D eigenvalue weighted by Gasteiger charge is 2.25. The highest BCUT2D eigenvalue weighted by molar-refractivity contribution is 5.55. The van der Waals surface area contributed by atoms with Crippen molar-refractivity contribution in [2.24, 2.45) is 5.73 Å². The van der Waals surface area contributed by atoms with Crippen molar-refractivity contribution in [2.75, 3.05) is 18.0 Å². The second-order valence-corrected chi connectivity index (χ2v) is 5.02. The third-order valence-electron chi connectivity index (χ3n) is 3.86. The van der Waals surface area contributed by atoms with Crippen molar-refractivity contribution in [3.63, 3.8) is 0 Å². The van der Waals surface area contributed by atoms with Gasteiger partial charge in [-0.05, 0) is 29.7 Å². The first-order chi connectivity index (χ1) is 9.31. The van der Waals surface area contributed by atoms with Crippen molar-refractivity contribution < 1.29 is 0 Å². The second kappa shape index (κ2) is 5.02. The molecule has 2 N–H and O–H groups in total. The number of benzene rings is 1. The third kappa shape index (κ3) is 2.10. The number of pyridine rings is 1. The van der Waals surface area contributed by atoms with E-state index in [0.29, 0.717) is 12.6 Å². The first-order valence-electron chi connectivity index (χ1n) is 6.79. The van der Waals surface area contributed by atoms with Gasteiger partial charge in [-0.15, -0.1) is 0 Å². The number of fused-ring (bicyclic) bond motifs is 2. The van der Waals surface area contributed by atoms with Gasteiger partial charge < -0.3 is 10.6 Å². The van der Waals surface area contributed by atoms with E-state index in [9.17, 15) is 0 Å². The summed E-state index contributed by atoms with van der Waals surface area (Å²) in [6, 6.07) is 13.2. The van der Waals surface area contributed by atoms with Crippen LogP contribution in [0.15, 0.2) is 42.6 Å². The predicted molar refractivity (Wildman–Crippen MR) is 78.3 cm³/mol. The van der Waals surface area contributed by atoms with E-state index in [1.165, 1.54) is 16.7 Å². The smallest absolute Gasteiger partial charge is 0.132 e. The Labute approximate surface area is 114 Å². The molecule has 0 aliphatic carbocycles. The van der Waals surface area contributed by atoms with Gasteiger partial charge in [0.05, 0.1) is 6.04 Å². The Balaban J connectivity index is 2.15. The van der Waals surface area contributed by atoms with Gasteiger partial charge in [0.25, 0.3) is 0 Å². The summed E-state index contributed by atoms with van der Waals surface area (Å²) in [4.78, 5) is 6.90. The summed E-state index contributed by atoms with van der Waals surface area (Å²) in [7, 11) is 0. The predicted octanol–water partition coefficient (Wildman–Crippen LogP) is 2.51.